The van der Waals surface area contributed by atoms with E-state index in [1.165, 1.54) is 51.5 Å². The summed E-state index contributed by atoms with van der Waals surface area (Å²) in [5.41, 5.74) is 0.233. The van der Waals surface area contributed by atoms with Crippen LogP contribution in [-0.2, 0) is 14.8 Å². The molecule has 0 amide bonds. The van der Waals surface area contributed by atoms with Crippen molar-refractivity contribution in [2.24, 2.45) is 5.41 Å². The molecule has 0 aliphatic heterocycles. The Labute approximate surface area is 213 Å². The maximum atomic E-state index is 13.5. The average Bonchev–Trinajstić information content (AvgIpc) is 3.30. The molecular weight excluding hydrogens is 512 g/mol. The first-order valence-electron chi connectivity index (χ1n) is 10.9. The van der Waals surface area contributed by atoms with Crippen molar-refractivity contribution in [3.63, 3.8) is 0 Å². The number of nitrogens with zero attached hydrogens (tertiary/aromatic N) is 7. The van der Waals surface area contributed by atoms with Crippen LogP contribution < -0.4 is 14.2 Å². The number of aromatic nitrogens is 7. The minimum atomic E-state index is -4.11. The predicted molar refractivity (Wildman–Crippen MR) is 130 cm³/mol. The fourth-order valence-corrected chi connectivity index (χ4v) is 5.14. The zero-order chi connectivity index (χ0) is 26.3. The van der Waals surface area contributed by atoms with E-state index in [-0.39, 0.29) is 40.6 Å². The third kappa shape index (κ3) is 4.80. The second-order valence-electron chi connectivity index (χ2n) is 8.97. The van der Waals surface area contributed by atoms with Gasteiger partial charge in [-0.3, -0.25) is 9.29 Å². The fourth-order valence-electron chi connectivity index (χ4n) is 3.91. The number of nitrogens with one attached hydrogen (secondary N) is 1. The van der Waals surface area contributed by atoms with E-state index >= 15 is 0 Å². The van der Waals surface area contributed by atoms with Gasteiger partial charge in [0.1, 0.15) is 23.5 Å². The van der Waals surface area contributed by atoms with Gasteiger partial charge in [0.15, 0.2) is 11.5 Å². The van der Waals surface area contributed by atoms with Crippen LogP contribution in [0.2, 0.25) is 5.02 Å². The van der Waals surface area contributed by atoms with Crippen LogP contribution in [0.15, 0.2) is 18.7 Å². The van der Waals surface area contributed by atoms with Crippen LogP contribution in [0, 0.1) is 5.41 Å². The van der Waals surface area contributed by atoms with E-state index in [2.05, 4.69) is 48.7 Å². The lowest BCUT2D eigenvalue weighted by molar-refractivity contribution is 0.0950. The van der Waals surface area contributed by atoms with E-state index in [9.17, 15) is 8.42 Å². The Kier molecular flexibility index (Phi) is 7.03. The summed E-state index contributed by atoms with van der Waals surface area (Å²) in [4.78, 5) is 16.6. The summed E-state index contributed by atoms with van der Waals surface area (Å²) in [6, 6.07) is 0. The topological polar surface area (TPSA) is 156 Å². The number of sulfonamides is 1. The molecular formula is C21H27ClN8O5S. The maximum absolute atomic E-state index is 13.5. The Morgan fingerprint density at radius 1 is 1.08 bits per heavy atom. The number of hydrogen-bond acceptors (Lipinski definition) is 11. The highest BCUT2D eigenvalue weighted by Crippen LogP contribution is 2.58. The predicted octanol–water partition coefficient (Wildman–Crippen LogP) is 2.55. The number of halogens is 1. The Bertz CT molecular complexity index is 1330. The quantitative estimate of drug-likeness (QED) is 0.404. The van der Waals surface area contributed by atoms with Gasteiger partial charge in [-0.1, -0.05) is 25.4 Å². The van der Waals surface area contributed by atoms with Crippen LogP contribution in [0.1, 0.15) is 50.9 Å². The van der Waals surface area contributed by atoms with Gasteiger partial charge in [-0.15, -0.1) is 10.2 Å². The second-order valence-corrected chi connectivity index (χ2v) is 11.4. The van der Waals surface area contributed by atoms with E-state index in [0.717, 1.165) is 6.42 Å². The fraction of sp³-hybridized carbons (Fsp3) is 0.524. The first kappa shape index (κ1) is 26.0. The normalized spacial score (nSPS) is 18.4. The summed E-state index contributed by atoms with van der Waals surface area (Å²) < 4.78 is 47.4. The van der Waals surface area contributed by atoms with Crippen LogP contribution in [0.5, 0.6) is 11.8 Å². The zero-order valence-electron chi connectivity index (χ0n) is 20.6. The molecule has 3 atom stereocenters. The monoisotopic (exact) mass is 538 g/mol. The summed E-state index contributed by atoms with van der Waals surface area (Å²) in [6.07, 6.45) is 3.88. The highest BCUT2D eigenvalue weighted by atomic mass is 35.5. The summed E-state index contributed by atoms with van der Waals surface area (Å²) in [7, 11) is 0.154. The van der Waals surface area contributed by atoms with Gasteiger partial charge in [-0.05, 0) is 18.8 Å². The third-order valence-electron chi connectivity index (χ3n) is 6.18. The Morgan fingerprint density at radius 3 is 2.17 bits per heavy atom. The smallest absolute Gasteiger partial charge is 0.245 e. The highest BCUT2D eigenvalue weighted by Gasteiger charge is 2.50. The van der Waals surface area contributed by atoms with Crippen molar-refractivity contribution in [3.05, 3.63) is 35.4 Å². The molecule has 13 nitrogen and oxygen atoms in total. The van der Waals surface area contributed by atoms with Crippen molar-refractivity contribution in [2.45, 2.75) is 44.5 Å². The van der Waals surface area contributed by atoms with Gasteiger partial charge in [0.25, 0.3) is 0 Å². The van der Waals surface area contributed by atoms with Gasteiger partial charge < -0.3 is 14.2 Å². The standard InChI is InChI=1S/C21H27ClN8O5S/c1-11(15(33-4)16-23-8-12(22)9-24-16)36(31,32)29-20-28-27-17(13-7-21(13,2)3)30(20)14-18(34-5)25-10-26-19(14)35-6/h8-11,13,15H,7H2,1-6H3,(H,28,29)/t11-,13+,15-/m0/s1. The minimum absolute atomic E-state index is 0.0180. The second kappa shape index (κ2) is 9.75. The van der Waals surface area contributed by atoms with Crippen molar-refractivity contribution >= 4 is 27.6 Å². The van der Waals surface area contributed by atoms with E-state index in [0.29, 0.717) is 10.8 Å². The molecule has 1 aliphatic rings. The number of anilines is 1. The van der Waals surface area contributed by atoms with E-state index < -0.39 is 21.4 Å². The van der Waals surface area contributed by atoms with Crippen molar-refractivity contribution < 1.29 is 22.6 Å². The molecule has 0 saturated heterocycles. The first-order valence-corrected chi connectivity index (χ1v) is 12.9. The molecule has 3 heterocycles. The van der Waals surface area contributed by atoms with E-state index in [1.807, 2.05) is 0 Å². The van der Waals surface area contributed by atoms with Crippen molar-refractivity contribution in [1.29, 1.82) is 0 Å². The molecule has 1 N–H and O–H groups in total. The Morgan fingerprint density at radius 2 is 1.67 bits per heavy atom. The third-order valence-corrected chi connectivity index (χ3v) is 8.07. The summed E-state index contributed by atoms with van der Waals surface area (Å²) in [5.74, 6) is 0.975. The number of rotatable bonds is 10. The SMILES string of the molecule is COc1ncnc(OC)c1-n1c(NS(=O)(=O)[C@@H](C)[C@H](OC)c2ncc(Cl)cn2)nnc1[C@H]1CC1(C)C. The van der Waals surface area contributed by atoms with Crippen LogP contribution in [0.25, 0.3) is 5.69 Å². The van der Waals surface area contributed by atoms with Gasteiger partial charge in [0, 0.05) is 25.4 Å². The molecule has 36 heavy (non-hydrogen) atoms. The molecule has 194 valence electrons. The number of ether oxygens (including phenoxy) is 3. The Hall–Kier alpha value is -3.10. The zero-order valence-corrected chi connectivity index (χ0v) is 22.2. The molecule has 3 aromatic heterocycles. The molecule has 3 aromatic rings. The molecule has 0 unspecified atom stereocenters. The largest absolute Gasteiger partial charge is 0.479 e. The van der Waals surface area contributed by atoms with Crippen LogP contribution in [-0.4, -0.2) is 69.7 Å². The lowest BCUT2D eigenvalue weighted by atomic mass is 10.1. The average molecular weight is 539 g/mol. The summed E-state index contributed by atoms with van der Waals surface area (Å²) in [5, 5.41) is 7.70. The van der Waals surface area contributed by atoms with Crippen LogP contribution in [0.3, 0.4) is 0 Å². The van der Waals surface area contributed by atoms with Crippen LogP contribution >= 0.6 is 11.6 Å². The number of methoxy groups -OCH3 is 3. The molecule has 15 heteroatoms. The van der Waals surface area contributed by atoms with Gasteiger partial charge in [0.05, 0.1) is 19.2 Å². The maximum Gasteiger partial charge on any atom is 0.245 e. The molecule has 1 saturated carbocycles. The van der Waals surface area contributed by atoms with Gasteiger partial charge in [-0.2, -0.15) is 9.97 Å². The van der Waals surface area contributed by atoms with Crippen molar-refractivity contribution in [1.82, 2.24) is 34.7 Å². The first-order chi connectivity index (χ1) is 17.0. The van der Waals surface area contributed by atoms with Gasteiger partial charge in [0.2, 0.25) is 27.7 Å². The molecule has 1 aliphatic carbocycles. The summed E-state index contributed by atoms with van der Waals surface area (Å²) >= 11 is 5.87. The van der Waals surface area contributed by atoms with E-state index in [4.69, 9.17) is 25.8 Å². The molecule has 0 bridgehead atoms. The van der Waals surface area contributed by atoms with Crippen molar-refractivity contribution in [2.75, 3.05) is 26.1 Å². The molecule has 0 spiro atoms. The molecule has 4 rings (SSSR count). The van der Waals surface area contributed by atoms with Gasteiger partial charge >= 0.3 is 0 Å². The molecule has 0 radical (unpaired) electrons. The van der Waals surface area contributed by atoms with Gasteiger partial charge in [-0.25, -0.2) is 18.4 Å². The minimum Gasteiger partial charge on any atom is -0.479 e. The summed E-state index contributed by atoms with van der Waals surface area (Å²) in [6.45, 7) is 5.66. The lowest BCUT2D eigenvalue weighted by Gasteiger charge is -2.22. The van der Waals surface area contributed by atoms with E-state index in [1.54, 1.807) is 0 Å². The Balaban J connectivity index is 1.78. The highest BCUT2D eigenvalue weighted by molar-refractivity contribution is 7.93. The lowest BCUT2D eigenvalue weighted by Crippen LogP contribution is -2.33. The molecule has 1 fully saturated rings. The van der Waals surface area contributed by atoms with Crippen LogP contribution in [0.4, 0.5) is 5.95 Å². The van der Waals surface area contributed by atoms with Crippen molar-refractivity contribution in [3.8, 4) is 17.4 Å². The molecule has 0 aromatic carbocycles. The number of hydrogen-bond donors (Lipinski definition) is 1.